The Balaban J connectivity index is 0.00000280. The molecule has 0 spiro atoms. The average molecular weight is 497 g/mol. The predicted molar refractivity (Wildman–Crippen MR) is 124 cm³/mol. The first kappa shape index (κ1) is 22.7. The van der Waals surface area contributed by atoms with Crippen LogP contribution in [0.15, 0.2) is 46.1 Å². The number of aromatic nitrogens is 1. The van der Waals surface area contributed by atoms with Gasteiger partial charge in [0.25, 0.3) is 0 Å². The number of guanidine groups is 1. The second-order valence-electron chi connectivity index (χ2n) is 7.26. The molecule has 1 aliphatic heterocycles. The van der Waals surface area contributed by atoms with E-state index < -0.39 is 0 Å². The molecule has 0 radical (unpaired) electrons. The van der Waals surface area contributed by atoms with Crippen molar-refractivity contribution in [2.75, 3.05) is 39.3 Å². The molecule has 6 nitrogen and oxygen atoms in total. The van der Waals surface area contributed by atoms with Crippen LogP contribution >= 0.6 is 24.0 Å². The van der Waals surface area contributed by atoms with Crippen molar-refractivity contribution < 1.29 is 4.52 Å². The molecule has 28 heavy (non-hydrogen) atoms. The maximum atomic E-state index is 4.93. The van der Waals surface area contributed by atoms with Crippen LogP contribution in [0.3, 0.4) is 0 Å². The Bertz CT molecular complexity index is 726. The first-order valence-corrected chi connectivity index (χ1v) is 9.87. The highest BCUT2D eigenvalue weighted by atomic mass is 127. The molecule has 1 saturated heterocycles. The Morgan fingerprint density at radius 2 is 2.04 bits per heavy atom. The molecule has 1 aromatic heterocycles. The summed E-state index contributed by atoms with van der Waals surface area (Å²) in [7, 11) is 0. The zero-order chi connectivity index (χ0) is 19.1. The van der Waals surface area contributed by atoms with Gasteiger partial charge in [0.1, 0.15) is 6.26 Å². The third-order valence-electron chi connectivity index (χ3n) is 5.01. The highest BCUT2D eigenvalue weighted by Gasteiger charge is 2.20. The quantitative estimate of drug-likeness (QED) is 0.376. The predicted octanol–water partition coefficient (Wildman–Crippen LogP) is 3.49. The van der Waals surface area contributed by atoms with Crippen LogP contribution in [0.1, 0.15) is 36.6 Å². The van der Waals surface area contributed by atoms with E-state index in [0.717, 1.165) is 57.5 Å². The van der Waals surface area contributed by atoms with Gasteiger partial charge >= 0.3 is 0 Å². The Labute approximate surface area is 185 Å². The summed E-state index contributed by atoms with van der Waals surface area (Å²) in [6.07, 6.45) is 1.64. The normalized spacial score (nSPS) is 16.5. The zero-order valence-corrected chi connectivity index (χ0v) is 19.4. The van der Waals surface area contributed by atoms with Gasteiger partial charge in [-0.25, -0.2) is 0 Å². The van der Waals surface area contributed by atoms with Crippen LogP contribution in [0.25, 0.3) is 0 Å². The van der Waals surface area contributed by atoms with Crippen LogP contribution in [0.5, 0.6) is 0 Å². The topological polar surface area (TPSA) is 56.9 Å². The van der Waals surface area contributed by atoms with Crippen molar-refractivity contribution in [2.45, 2.75) is 33.2 Å². The van der Waals surface area contributed by atoms with Crippen LogP contribution in [0.2, 0.25) is 0 Å². The highest BCUT2D eigenvalue weighted by Crippen LogP contribution is 2.17. The second-order valence-corrected chi connectivity index (χ2v) is 7.26. The van der Waals surface area contributed by atoms with Crippen LogP contribution < -0.4 is 5.32 Å². The first-order chi connectivity index (χ1) is 13.2. The van der Waals surface area contributed by atoms with Gasteiger partial charge in [0.05, 0.1) is 5.69 Å². The van der Waals surface area contributed by atoms with Crippen molar-refractivity contribution >= 4 is 29.9 Å². The van der Waals surface area contributed by atoms with Gasteiger partial charge in [0.2, 0.25) is 0 Å². The molecular weight excluding hydrogens is 465 g/mol. The van der Waals surface area contributed by atoms with Gasteiger partial charge in [-0.1, -0.05) is 41.9 Å². The third kappa shape index (κ3) is 6.48. The molecule has 2 aromatic rings. The number of aryl methyl sites for hydroxylation is 1. The third-order valence-corrected chi connectivity index (χ3v) is 5.01. The minimum Gasteiger partial charge on any atom is -0.364 e. The Morgan fingerprint density at radius 1 is 1.25 bits per heavy atom. The molecule has 1 fully saturated rings. The van der Waals surface area contributed by atoms with E-state index in [1.807, 2.05) is 6.07 Å². The van der Waals surface area contributed by atoms with Gasteiger partial charge in [-0.05, 0) is 19.4 Å². The van der Waals surface area contributed by atoms with Crippen molar-refractivity contribution in [2.24, 2.45) is 4.99 Å². The van der Waals surface area contributed by atoms with Crippen molar-refractivity contribution in [3.63, 3.8) is 0 Å². The Morgan fingerprint density at radius 3 is 2.68 bits per heavy atom. The number of aliphatic imine (C=N–C) groups is 1. The molecule has 0 bridgehead atoms. The highest BCUT2D eigenvalue weighted by molar-refractivity contribution is 14.0. The summed E-state index contributed by atoms with van der Waals surface area (Å²) in [5.41, 5.74) is 3.65. The van der Waals surface area contributed by atoms with Gasteiger partial charge in [0.15, 0.2) is 5.96 Å². The lowest BCUT2D eigenvalue weighted by Gasteiger charge is -2.36. The lowest BCUT2D eigenvalue weighted by Crippen LogP contribution is -2.52. The van der Waals surface area contributed by atoms with Crippen molar-refractivity contribution in [1.29, 1.82) is 0 Å². The van der Waals surface area contributed by atoms with Gasteiger partial charge < -0.3 is 14.7 Å². The summed E-state index contributed by atoms with van der Waals surface area (Å²) >= 11 is 0. The number of rotatable bonds is 6. The fourth-order valence-corrected chi connectivity index (χ4v) is 3.40. The Kier molecular flexibility index (Phi) is 9.24. The van der Waals surface area contributed by atoms with Gasteiger partial charge in [-0.2, -0.15) is 0 Å². The molecule has 2 heterocycles. The average Bonchev–Trinajstić information content (AvgIpc) is 3.18. The molecule has 1 atom stereocenters. The molecule has 3 rings (SSSR count). The minimum absolute atomic E-state index is 0. The standard InChI is InChI=1S/C21H31N5O.HI/c1-4-22-21(23-15-18(3)19-7-5-6-17(2)14-19)26-11-9-25(10-12-26)16-20-8-13-27-24-20;/h5-8,13-14,18H,4,9-12,15-16H2,1-3H3,(H,22,23);1H. The fourth-order valence-electron chi connectivity index (χ4n) is 3.40. The van der Waals surface area contributed by atoms with Crippen molar-refractivity contribution in [1.82, 2.24) is 20.3 Å². The van der Waals surface area contributed by atoms with Crippen LogP contribution in [0.4, 0.5) is 0 Å². The number of benzene rings is 1. The van der Waals surface area contributed by atoms with Crippen LogP contribution in [0, 0.1) is 6.92 Å². The zero-order valence-electron chi connectivity index (χ0n) is 17.1. The largest absolute Gasteiger partial charge is 0.364 e. The molecule has 1 aliphatic rings. The molecule has 0 amide bonds. The number of piperazine rings is 1. The summed E-state index contributed by atoms with van der Waals surface area (Å²) in [5.74, 6) is 1.44. The van der Waals surface area contributed by atoms with E-state index in [0.29, 0.717) is 5.92 Å². The van der Waals surface area contributed by atoms with Gasteiger partial charge in [0, 0.05) is 57.8 Å². The minimum atomic E-state index is 0. The molecule has 0 saturated carbocycles. The molecular formula is C21H32IN5O. The lowest BCUT2D eigenvalue weighted by atomic mass is 10.00. The molecule has 1 aromatic carbocycles. The number of nitrogens with zero attached hydrogens (tertiary/aromatic N) is 4. The number of halogens is 1. The fraction of sp³-hybridized carbons (Fsp3) is 0.524. The summed E-state index contributed by atoms with van der Waals surface area (Å²) < 4.78 is 4.93. The van der Waals surface area contributed by atoms with Gasteiger partial charge in [-0.3, -0.25) is 9.89 Å². The second kappa shape index (κ2) is 11.4. The maximum Gasteiger partial charge on any atom is 0.194 e. The SMILES string of the molecule is CCNC(=NCC(C)c1cccc(C)c1)N1CCN(Cc2ccon2)CC1.I. The molecule has 1 unspecified atom stereocenters. The molecule has 0 aliphatic carbocycles. The smallest absolute Gasteiger partial charge is 0.194 e. The summed E-state index contributed by atoms with van der Waals surface area (Å²) in [5, 5.41) is 7.47. The number of hydrogen-bond acceptors (Lipinski definition) is 4. The van der Waals surface area contributed by atoms with E-state index in [9.17, 15) is 0 Å². The van der Waals surface area contributed by atoms with E-state index in [1.54, 1.807) is 6.26 Å². The summed E-state index contributed by atoms with van der Waals surface area (Å²) in [6, 6.07) is 10.7. The molecule has 7 heteroatoms. The van der Waals surface area contributed by atoms with Gasteiger partial charge in [-0.15, -0.1) is 24.0 Å². The van der Waals surface area contributed by atoms with Crippen LogP contribution in [-0.4, -0.2) is 60.2 Å². The Hall–Kier alpha value is -1.61. The number of nitrogens with one attached hydrogen (secondary N) is 1. The molecule has 1 N–H and O–H groups in total. The van der Waals surface area contributed by atoms with E-state index in [-0.39, 0.29) is 24.0 Å². The van der Waals surface area contributed by atoms with E-state index in [4.69, 9.17) is 9.52 Å². The van der Waals surface area contributed by atoms with Crippen molar-refractivity contribution in [3.05, 3.63) is 53.4 Å². The van der Waals surface area contributed by atoms with Crippen molar-refractivity contribution in [3.8, 4) is 0 Å². The first-order valence-electron chi connectivity index (χ1n) is 9.87. The summed E-state index contributed by atoms with van der Waals surface area (Å²) in [6.45, 7) is 13.0. The lowest BCUT2D eigenvalue weighted by molar-refractivity contribution is 0.169. The monoisotopic (exact) mass is 497 g/mol. The number of hydrogen-bond donors (Lipinski definition) is 1. The van der Waals surface area contributed by atoms with E-state index in [1.165, 1.54) is 11.1 Å². The van der Waals surface area contributed by atoms with E-state index in [2.05, 4.69) is 65.3 Å². The maximum absolute atomic E-state index is 4.93. The van der Waals surface area contributed by atoms with E-state index >= 15 is 0 Å². The summed E-state index contributed by atoms with van der Waals surface area (Å²) in [4.78, 5) is 9.71. The van der Waals surface area contributed by atoms with Crippen LogP contribution in [-0.2, 0) is 6.54 Å². The molecule has 154 valence electrons.